The number of hydrogen-bond donors (Lipinski definition) is 0. The maximum Gasteiger partial charge on any atom is 0.397 e. The SMILES string of the molecule is CC1C(N2C(=O)N(Cc3ccccc3Cc3ccccc3)C3(CCCC3)C2=O)=CC=C(C#N)C1C(F)(F)F. The molecule has 1 aliphatic heterocycles. The van der Waals surface area contributed by atoms with Gasteiger partial charge in [-0.3, -0.25) is 4.79 Å². The Hall–Kier alpha value is -3.86. The van der Waals surface area contributed by atoms with Gasteiger partial charge in [0.05, 0.1) is 12.0 Å². The lowest BCUT2D eigenvalue weighted by Gasteiger charge is -2.33. The minimum absolute atomic E-state index is 0.00679. The van der Waals surface area contributed by atoms with Crippen LogP contribution in [0, 0.1) is 23.2 Å². The Morgan fingerprint density at radius 3 is 2.24 bits per heavy atom. The number of nitriles is 1. The third kappa shape index (κ3) is 4.30. The van der Waals surface area contributed by atoms with Gasteiger partial charge in [0, 0.05) is 23.7 Å². The summed E-state index contributed by atoms with van der Waals surface area (Å²) in [6, 6.07) is 18.7. The quantitative estimate of drug-likeness (QED) is 0.423. The zero-order valence-electron chi connectivity index (χ0n) is 21.0. The van der Waals surface area contributed by atoms with E-state index in [1.807, 2.05) is 54.6 Å². The second-order valence-electron chi connectivity index (χ2n) is 10.3. The maximum absolute atomic E-state index is 13.9. The van der Waals surface area contributed by atoms with E-state index in [4.69, 9.17) is 0 Å². The molecule has 5 rings (SSSR count). The van der Waals surface area contributed by atoms with Gasteiger partial charge >= 0.3 is 12.2 Å². The summed E-state index contributed by atoms with van der Waals surface area (Å²) in [5.74, 6) is -3.80. The van der Waals surface area contributed by atoms with E-state index in [2.05, 4.69) is 0 Å². The summed E-state index contributed by atoms with van der Waals surface area (Å²) in [5, 5.41) is 9.30. The van der Waals surface area contributed by atoms with Crippen LogP contribution in [0.2, 0.25) is 0 Å². The summed E-state index contributed by atoms with van der Waals surface area (Å²) >= 11 is 0. The molecule has 38 heavy (non-hydrogen) atoms. The fourth-order valence-corrected chi connectivity index (χ4v) is 6.19. The molecule has 0 bridgehead atoms. The summed E-state index contributed by atoms with van der Waals surface area (Å²) in [7, 11) is 0. The number of benzene rings is 2. The molecule has 2 aliphatic carbocycles. The number of amides is 3. The number of rotatable bonds is 5. The first-order chi connectivity index (χ1) is 18.2. The summed E-state index contributed by atoms with van der Waals surface area (Å²) < 4.78 is 41.8. The molecule has 8 heteroatoms. The van der Waals surface area contributed by atoms with Crippen LogP contribution in [0.1, 0.15) is 49.3 Å². The van der Waals surface area contributed by atoms with Crippen molar-refractivity contribution in [1.82, 2.24) is 9.80 Å². The molecule has 3 aliphatic rings. The number of carbonyl (C=O) groups is 2. The topological polar surface area (TPSA) is 64.4 Å². The number of carbonyl (C=O) groups excluding carboxylic acids is 2. The molecule has 5 nitrogen and oxygen atoms in total. The molecule has 1 saturated carbocycles. The van der Waals surface area contributed by atoms with Crippen molar-refractivity contribution in [2.24, 2.45) is 11.8 Å². The van der Waals surface area contributed by atoms with E-state index in [0.717, 1.165) is 40.5 Å². The van der Waals surface area contributed by atoms with Gasteiger partial charge in [0.1, 0.15) is 5.54 Å². The Morgan fingerprint density at radius 2 is 1.61 bits per heavy atom. The number of imide groups is 1. The van der Waals surface area contributed by atoms with E-state index in [9.17, 15) is 28.0 Å². The molecule has 0 N–H and O–H groups in total. The van der Waals surface area contributed by atoms with Crippen molar-refractivity contribution in [3.63, 3.8) is 0 Å². The number of alkyl halides is 3. The lowest BCUT2D eigenvalue weighted by Crippen LogP contribution is -2.47. The molecule has 2 fully saturated rings. The average molecular weight is 520 g/mol. The molecule has 2 aromatic carbocycles. The second-order valence-corrected chi connectivity index (χ2v) is 10.3. The summed E-state index contributed by atoms with van der Waals surface area (Å²) in [6.07, 6.45) is 0.843. The predicted molar refractivity (Wildman–Crippen MR) is 135 cm³/mol. The van der Waals surface area contributed by atoms with Crippen LogP contribution in [0.15, 0.2) is 78.0 Å². The molecule has 1 spiro atoms. The molecule has 3 amide bonds. The minimum atomic E-state index is -4.69. The highest BCUT2D eigenvalue weighted by Crippen LogP contribution is 2.48. The van der Waals surface area contributed by atoms with Crippen LogP contribution in [0.3, 0.4) is 0 Å². The number of halogens is 3. The number of allylic oxidation sites excluding steroid dienone is 4. The van der Waals surface area contributed by atoms with Crippen LogP contribution >= 0.6 is 0 Å². The van der Waals surface area contributed by atoms with E-state index in [0.29, 0.717) is 19.3 Å². The Bertz CT molecular complexity index is 1350. The van der Waals surface area contributed by atoms with Gasteiger partial charge in [0.15, 0.2) is 0 Å². The van der Waals surface area contributed by atoms with Crippen molar-refractivity contribution >= 4 is 11.9 Å². The molecule has 1 saturated heterocycles. The third-order valence-corrected chi connectivity index (χ3v) is 8.13. The van der Waals surface area contributed by atoms with Gasteiger partial charge < -0.3 is 4.90 Å². The van der Waals surface area contributed by atoms with Crippen LogP contribution < -0.4 is 0 Å². The van der Waals surface area contributed by atoms with Crippen LogP contribution in [0.4, 0.5) is 18.0 Å². The van der Waals surface area contributed by atoms with Crippen molar-refractivity contribution < 1.29 is 22.8 Å². The average Bonchev–Trinajstić information content (AvgIpc) is 3.45. The Kier molecular flexibility index (Phi) is 6.64. The number of nitrogens with zero attached hydrogens (tertiary/aromatic N) is 3. The largest absolute Gasteiger partial charge is 0.397 e. The van der Waals surface area contributed by atoms with Crippen molar-refractivity contribution in [1.29, 1.82) is 5.26 Å². The van der Waals surface area contributed by atoms with Gasteiger partial charge in [-0.1, -0.05) is 74.4 Å². The van der Waals surface area contributed by atoms with Gasteiger partial charge in [0.25, 0.3) is 5.91 Å². The highest BCUT2D eigenvalue weighted by molar-refractivity contribution is 6.09. The van der Waals surface area contributed by atoms with E-state index >= 15 is 0 Å². The molecule has 196 valence electrons. The van der Waals surface area contributed by atoms with Gasteiger partial charge in [-0.2, -0.15) is 18.4 Å². The van der Waals surface area contributed by atoms with E-state index in [-0.39, 0.29) is 12.2 Å². The number of hydrogen-bond acceptors (Lipinski definition) is 3. The summed E-state index contributed by atoms with van der Waals surface area (Å²) in [4.78, 5) is 30.4. The molecule has 0 aromatic heterocycles. The highest BCUT2D eigenvalue weighted by Gasteiger charge is 2.60. The maximum atomic E-state index is 13.9. The first-order valence-electron chi connectivity index (χ1n) is 12.8. The van der Waals surface area contributed by atoms with Gasteiger partial charge in [-0.15, -0.1) is 0 Å². The molecule has 2 unspecified atom stereocenters. The Balaban J connectivity index is 1.51. The van der Waals surface area contributed by atoms with Crippen molar-refractivity contribution in [2.45, 2.75) is 57.3 Å². The van der Waals surface area contributed by atoms with E-state index < -0.39 is 41.1 Å². The molecule has 0 radical (unpaired) electrons. The van der Waals surface area contributed by atoms with Gasteiger partial charge in [-0.05, 0) is 48.1 Å². The van der Waals surface area contributed by atoms with Crippen molar-refractivity contribution in [3.05, 3.63) is 94.7 Å². The van der Waals surface area contributed by atoms with Crippen LogP contribution in [0.5, 0.6) is 0 Å². The fourth-order valence-electron chi connectivity index (χ4n) is 6.19. The van der Waals surface area contributed by atoms with E-state index in [1.54, 1.807) is 11.0 Å². The number of urea groups is 1. The Labute approximate surface area is 219 Å². The monoisotopic (exact) mass is 519 g/mol. The molecular weight excluding hydrogens is 491 g/mol. The molecule has 2 atom stereocenters. The lowest BCUT2D eigenvalue weighted by atomic mass is 9.80. The van der Waals surface area contributed by atoms with Crippen LogP contribution in [-0.4, -0.2) is 33.5 Å². The summed E-state index contributed by atoms with van der Waals surface area (Å²) in [6.45, 7) is 1.52. The van der Waals surface area contributed by atoms with Gasteiger partial charge in [0.2, 0.25) is 0 Å². The molecule has 2 aromatic rings. The Morgan fingerprint density at radius 1 is 0.974 bits per heavy atom. The van der Waals surface area contributed by atoms with Crippen molar-refractivity contribution in [2.75, 3.05) is 0 Å². The van der Waals surface area contributed by atoms with Crippen LogP contribution in [0.25, 0.3) is 0 Å². The van der Waals surface area contributed by atoms with Crippen molar-refractivity contribution in [3.8, 4) is 6.07 Å². The highest BCUT2D eigenvalue weighted by atomic mass is 19.4. The first-order valence-corrected chi connectivity index (χ1v) is 12.8. The normalized spacial score (nSPS) is 23.0. The van der Waals surface area contributed by atoms with Gasteiger partial charge in [-0.25, -0.2) is 9.69 Å². The smallest absolute Gasteiger partial charge is 0.305 e. The fraction of sp³-hybridized carbons (Fsp3) is 0.367. The van der Waals surface area contributed by atoms with Crippen LogP contribution in [-0.2, 0) is 17.8 Å². The molecular formula is C30H28F3N3O2. The standard InChI is InChI=1S/C30H28F3N3O2/c1-20-25(14-13-23(18-34)26(20)30(31,32)33)36-27(37)29(15-7-8-16-29)35(28(36)38)19-24-12-6-5-11-22(24)17-21-9-3-2-4-10-21/h2-6,9-14,20,26H,7-8,15-17,19H2,1H3. The second kappa shape index (κ2) is 9.79. The first kappa shape index (κ1) is 25.8. The minimum Gasteiger partial charge on any atom is -0.305 e. The zero-order chi connectivity index (χ0) is 27.1. The predicted octanol–water partition coefficient (Wildman–Crippen LogP) is 6.52. The zero-order valence-corrected chi connectivity index (χ0v) is 21.0. The third-order valence-electron chi connectivity index (χ3n) is 8.13. The van der Waals surface area contributed by atoms with E-state index in [1.165, 1.54) is 13.0 Å². The lowest BCUT2D eigenvalue weighted by molar-refractivity contribution is -0.173. The molecule has 1 heterocycles. The summed E-state index contributed by atoms with van der Waals surface area (Å²) in [5.41, 5.74) is 1.53.